The van der Waals surface area contributed by atoms with E-state index in [1.807, 2.05) is 26.0 Å². The second kappa shape index (κ2) is 5.64. The highest BCUT2D eigenvalue weighted by Gasteiger charge is 2.23. The van der Waals surface area contributed by atoms with E-state index >= 15 is 0 Å². The van der Waals surface area contributed by atoms with E-state index < -0.39 is 18.3 Å². The predicted molar refractivity (Wildman–Crippen MR) is 70.3 cm³/mol. The van der Waals surface area contributed by atoms with Gasteiger partial charge in [0.1, 0.15) is 6.42 Å². The maximum Gasteiger partial charge on any atom is 0.312 e. The molecule has 0 aliphatic rings. The van der Waals surface area contributed by atoms with E-state index in [1.54, 1.807) is 11.3 Å². The molecule has 0 bridgehead atoms. The minimum absolute atomic E-state index is 0.204. The monoisotopic (exact) mass is 319 g/mol. The lowest BCUT2D eigenvalue weighted by molar-refractivity contribution is -0.140. The van der Waals surface area contributed by atoms with Crippen molar-refractivity contribution in [1.82, 2.24) is 5.32 Å². The summed E-state index contributed by atoms with van der Waals surface area (Å²) in [5.74, 6) is -1.57. The molecule has 0 saturated heterocycles. The molecule has 2 N–H and O–H groups in total. The van der Waals surface area contributed by atoms with Crippen LogP contribution in [0.2, 0.25) is 0 Å². The number of carbonyl (C=O) groups is 2. The summed E-state index contributed by atoms with van der Waals surface area (Å²) >= 11 is 5.00. The van der Waals surface area contributed by atoms with Crippen molar-refractivity contribution in [2.75, 3.05) is 6.54 Å². The third kappa shape index (κ3) is 4.47. The number of carboxylic acid groups (broad SMARTS) is 1. The maximum absolute atomic E-state index is 11.2. The Bertz CT molecular complexity index is 428. The Balaban J connectivity index is 2.55. The van der Waals surface area contributed by atoms with Crippen LogP contribution in [0.4, 0.5) is 0 Å². The molecule has 17 heavy (non-hydrogen) atoms. The van der Waals surface area contributed by atoms with Crippen molar-refractivity contribution in [1.29, 1.82) is 0 Å². The molecule has 1 amide bonds. The maximum atomic E-state index is 11.2. The fourth-order valence-electron chi connectivity index (χ4n) is 1.28. The molecule has 0 spiro atoms. The molecular formula is C11H14BrNO3S. The van der Waals surface area contributed by atoms with E-state index in [9.17, 15) is 9.59 Å². The van der Waals surface area contributed by atoms with Crippen LogP contribution in [0.15, 0.2) is 15.9 Å². The van der Waals surface area contributed by atoms with Crippen LogP contribution in [0.5, 0.6) is 0 Å². The topological polar surface area (TPSA) is 66.4 Å². The Morgan fingerprint density at radius 2 is 2.12 bits per heavy atom. The average molecular weight is 320 g/mol. The number of thiophene rings is 1. The van der Waals surface area contributed by atoms with Crippen molar-refractivity contribution in [3.63, 3.8) is 0 Å². The molecular weight excluding hydrogens is 306 g/mol. The second-order valence-electron chi connectivity index (χ2n) is 4.33. The van der Waals surface area contributed by atoms with Crippen LogP contribution in [-0.4, -0.2) is 23.5 Å². The third-order valence-corrected chi connectivity index (χ3v) is 4.27. The van der Waals surface area contributed by atoms with Gasteiger partial charge >= 0.3 is 5.97 Å². The van der Waals surface area contributed by atoms with Gasteiger partial charge < -0.3 is 10.4 Å². The zero-order chi connectivity index (χ0) is 13.1. The molecule has 1 aromatic heterocycles. The lowest BCUT2D eigenvalue weighted by Gasteiger charge is -2.23. The first kappa shape index (κ1) is 14.2. The Morgan fingerprint density at radius 3 is 2.59 bits per heavy atom. The van der Waals surface area contributed by atoms with Crippen LogP contribution in [0.3, 0.4) is 0 Å². The van der Waals surface area contributed by atoms with E-state index in [0.717, 1.165) is 8.66 Å². The minimum Gasteiger partial charge on any atom is -0.481 e. The molecule has 1 rings (SSSR count). The van der Waals surface area contributed by atoms with Gasteiger partial charge in [-0.1, -0.05) is 13.8 Å². The summed E-state index contributed by atoms with van der Waals surface area (Å²) in [7, 11) is 0. The normalized spacial score (nSPS) is 11.2. The van der Waals surface area contributed by atoms with Gasteiger partial charge in [0.05, 0.1) is 3.79 Å². The highest BCUT2D eigenvalue weighted by molar-refractivity contribution is 9.11. The lowest BCUT2D eigenvalue weighted by Crippen LogP contribution is -2.36. The van der Waals surface area contributed by atoms with Gasteiger partial charge in [-0.3, -0.25) is 9.59 Å². The molecule has 1 heterocycles. The standard InChI is InChI=1S/C11H14BrNO3S/c1-11(2,7-3-4-8(12)17-7)6-13-9(14)5-10(15)16/h3-4H,5-6H2,1-2H3,(H,13,14)(H,15,16). The first-order valence-corrected chi connectivity index (χ1v) is 6.66. The van der Waals surface area contributed by atoms with Gasteiger partial charge in [0.2, 0.25) is 5.91 Å². The molecule has 0 radical (unpaired) electrons. The summed E-state index contributed by atoms with van der Waals surface area (Å²) < 4.78 is 1.04. The molecule has 6 heteroatoms. The second-order valence-corrected chi connectivity index (χ2v) is 6.80. The molecule has 94 valence electrons. The number of nitrogens with one attached hydrogen (secondary N) is 1. The molecule has 0 fully saturated rings. The minimum atomic E-state index is -1.11. The predicted octanol–water partition coefficient (Wildman–Crippen LogP) is 2.38. The fourth-order valence-corrected chi connectivity index (χ4v) is 2.77. The fraction of sp³-hybridized carbons (Fsp3) is 0.455. The van der Waals surface area contributed by atoms with Crippen molar-refractivity contribution in [3.05, 3.63) is 20.8 Å². The molecule has 0 atom stereocenters. The molecule has 1 aromatic rings. The number of hydrogen-bond donors (Lipinski definition) is 2. The summed E-state index contributed by atoms with van der Waals surface area (Å²) in [6.07, 6.45) is -0.482. The van der Waals surface area contributed by atoms with Gasteiger partial charge in [-0.15, -0.1) is 11.3 Å². The summed E-state index contributed by atoms with van der Waals surface area (Å²) in [5, 5.41) is 11.1. The first-order chi connectivity index (χ1) is 7.81. The SMILES string of the molecule is CC(C)(CNC(=O)CC(=O)O)c1ccc(Br)s1. The average Bonchev–Trinajstić information content (AvgIpc) is 2.62. The molecule has 0 aliphatic heterocycles. The zero-order valence-corrected chi connectivity index (χ0v) is 12.0. The molecule has 0 aromatic carbocycles. The van der Waals surface area contributed by atoms with Gasteiger partial charge in [0.15, 0.2) is 0 Å². The number of aliphatic carboxylic acids is 1. The van der Waals surface area contributed by atoms with Crippen LogP contribution >= 0.6 is 27.3 Å². The van der Waals surface area contributed by atoms with E-state index in [0.29, 0.717) is 6.54 Å². The molecule has 0 saturated carbocycles. The van der Waals surface area contributed by atoms with Crippen molar-refractivity contribution in [2.24, 2.45) is 0 Å². The quantitative estimate of drug-likeness (QED) is 0.819. The van der Waals surface area contributed by atoms with Crippen molar-refractivity contribution in [2.45, 2.75) is 25.7 Å². The summed E-state index contributed by atoms with van der Waals surface area (Å²) in [4.78, 5) is 22.7. The van der Waals surface area contributed by atoms with E-state index in [-0.39, 0.29) is 5.41 Å². The Kier molecular flexibility index (Phi) is 4.70. The van der Waals surface area contributed by atoms with Crippen molar-refractivity contribution < 1.29 is 14.7 Å². The van der Waals surface area contributed by atoms with Gasteiger partial charge in [0.25, 0.3) is 0 Å². The summed E-state index contributed by atoms with van der Waals surface area (Å²) in [6.45, 7) is 4.44. The van der Waals surface area contributed by atoms with Crippen LogP contribution in [-0.2, 0) is 15.0 Å². The smallest absolute Gasteiger partial charge is 0.312 e. The van der Waals surface area contributed by atoms with Crippen molar-refractivity contribution >= 4 is 39.1 Å². The Labute approximate surface area is 112 Å². The number of rotatable bonds is 5. The Hall–Kier alpha value is -0.880. The lowest BCUT2D eigenvalue weighted by atomic mass is 9.91. The number of carbonyl (C=O) groups excluding carboxylic acids is 1. The van der Waals surface area contributed by atoms with Crippen LogP contribution in [0.25, 0.3) is 0 Å². The number of hydrogen-bond acceptors (Lipinski definition) is 3. The molecule has 0 unspecified atom stereocenters. The van der Waals surface area contributed by atoms with Crippen molar-refractivity contribution in [3.8, 4) is 0 Å². The van der Waals surface area contributed by atoms with E-state index in [4.69, 9.17) is 5.11 Å². The summed E-state index contributed by atoms with van der Waals surface area (Å²) in [6, 6.07) is 3.96. The Morgan fingerprint density at radius 1 is 1.47 bits per heavy atom. The van der Waals surface area contributed by atoms with Crippen LogP contribution in [0.1, 0.15) is 25.1 Å². The van der Waals surface area contributed by atoms with Crippen LogP contribution in [0, 0.1) is 0 Å². The van der Waals surface area contributed by atoms with Crippen LogP contribution < -0.4 is 5.32 Å². The largest absolute Gasteiger partial charge is 0.481 e. The highest BCUT2D eigenvalue weighted by atomic mass is 79.9. The summed E-state index contributed by atoms with van der Waals surface area (Å²) in [5.41, 5.74) is -0.204. The van der Waals surface area contributed by atoms with Gasteiger partial charge in [0, 0.05) is 16.8 Å². The van der Waals surface area contributed by atoms with Gasteiger partial charge in [-0.2, -0.15) is 0 Å². The third-order valence-electron chi connectivity index (χ3n) is 2.28. The van der Waals surface area contributed by atoms with Gasteiger partial charge in [-0.25, -0.2) is 0 Å². The first-order valence-electron chi connectivity index (χ1n) is 5.05. The number of halogens is 1. The highest BCUT2D eigenvalue weighted by Crippen LogP contribution is 2.32. The number of amides is 1. The van der Waals surface area contributed by atoms with E-state index in [2.05, 4.69) is 21.2 Å². The number of carboxylic acids is 1. The molecule has 4 nitrogen and oxygen atoms in total. The van der Waals surface area contributed by atoms with E-state index in [1.165, 1.54) is 0 Å². The van der Waals surface area contributed by atoms with Gasteiger partial charge in [-0.05, 0) is 28.1 Å². The zero-order valence-electron chi connectivity index (χ0n) is 9.62. The molecule has 0 aliphatic carbocycles.